The zero-order valence-corrected chi connectivity index (χ0v) is 15.1. The minimum atomic E-state index is -0.302. The number of nitrogens with zero attached hydrogens (tertiary/aromatic N) is 5. The topological polar surface area (TPSA) is 109 Å². The van der Waals surface area contributed by atoms with Crippen LogP contribution in [0.2, 0.25) is 0 Å². The van der Waals surface area contributed by atoms with E-state index < -0.39 is 0 Å². The van der Waals surface area contributed by atoms with E-state index in [0.717, 1.165) is 29.9 Å². The third-order valence-corrected chi connectivity index (χ3v) is 4.34. The second-order valence-electron chi connectivity index (χ2n) is 6.22. The zero-order chi connectivity index (χ0) is 18.8. The molecule has 0 fully saturated rings. The van der Waals surface area contributed by atoms with Gasteiger partial charge in [0.05, 0.1) is 28.8 Å². The predicted molar refractivity (Wildman–Crippen MR) is 101 cm³/mol. The van der Waals surface area contributed by atoms with Gasteiger partial charge in [0.25, 0.3) is 0 Å². The zero-order valence-electron chi connectivity index (χ0n) is 15.1. The number of fused-ring (bicyclic) bond motifs is 1. The Morgan fingerprint density at radius 3 is 2.93 bits per heavy atom. The maximum Gasteiger partial charge on any atom is 0.328 e. The third kappa shape index (κ3) is 3.31. The van der Waals surface area contributed by atoms with Gasteiger partial charge in [-0.3, -0.25) is 15.2 Å². The lowest BCUT2D eigenvalue weighted by Crippen LogP contribution is -2.36. The van der Waals surface area contributed by atoms with Gasteiger partial charge < -0.3 is 9.84 Å². The van der Waals surface area contributed by atoms with Crippen molar-refractivity contribution in [3.8, 4) is 11.3 Å². The molecule has 0 saturated carbocycles. The van der Waals surface area contributed by atoms with Crippen molar-refractivity contribution in [3.05, 3.63) is 42.2 Å². The van der Waals surface area contributed by atoms with Crippen molar-refractivity contribution in [1.29, 1.82) is 0 Å². The number of carbonyl (C=O) groups excluding carboxylic acids is 1. The van der Waals surface area contributed by atoms with E-state index >= 15 is 0 Å². The second-order valence-corrected chi connectivity index (χ2v) is 6.22. The molecule has 0 atom stereocenters. The van der Waals surface area contributed by atoms with Crippen LogP contribution in [0.3, 0.4) is 0 Å². The molecule has 0 aliphatic carbocycles. The average Bonchev–Trinajstić information content (AvgIpc) is 2.89. The van der Waals surface area contributed by atoms with Crippen molar-refractivity contribution < 1.29 is 9.32 Å². The molecule has 3 aromatic heterocycles. The highest BCUT2D eigenvalue weighted by Gasteiger charge is 2.25. The number of aryl methyl sites for hydroxylation is 2. The Morgan fingerprint density at radius 2 is 2.19 bits per heavy atom. The summed E-state index contributed by atoms with van der Waals surface area (Å²) < 4.78 is 5.26. The van der Waals surface area contributed by atoms with Crippen molar-refractivity contribution in [2.75, 3.05) is 28.6 Å². The molecule has 1 aliphatic heterocycles. The van der Waals surface area contributed by atoms with E-state index in [1.165, 1.54) is 12.4 Å². The maximum absolute atomic E-state index is 12.9. The molecule has 4 rings (SSSR count). The molecule has 9 heteroatoms. The number of hydrogen-bond donors (Lipinski definition) is 2. The van der Waals surface area contributed by atoms with Gasteiger partial charge in [-0.15, -0.1) is 0 Å². The molecule has 1 aliphatic rings. The summed E-state index contributed by atoms with van der Waals surface area (Å²) in [7, 11) is 0. The second kappa shape index (κ2) is 7.02. The fourth-order valence-corrected chi connectivity index (χ4v) is 3.08. The fourth-order valence-electron chi connectivity index (χ4n) is 3.08. The number of hydrogen-bond acceptors (Lipinski definition) is 7. The Morgan fingerprint density at radius 1 is 1.30 bits per heavy atom. The van der Waals surface area contributed by atoms with Crippen LogP contribution in [0.5, 0.6) is 0 Å². The lowest BCUT2D eigenvalue weighted by molar-refractivity contribution is 0.256. The molecule has 2 N–H and O–H groups in total. The normalized spacial score (nSPS) is 13.5. The Balaban J connectivity index is 1.71. The molecule has 3 aromatic rings. The van der Waals surface area contributed by atoms with Crippen LogP contribution >= 0.6 is 0 Å². The Kier molecular flexibility index (Phi) is 4.41. The van der Waals surface area contributed by atoms with Crippen LogP contribution in [-0.2, 0) is 0 Å². The molecule has 0 spiro atoms. The predicted octanol–water partition coefficient (Wildman–Crippen LogP) is 3.00. The fraction of sp³-hybridized carbons (Fsp3) is 0.278. The molecule has 0 aromatic carbocycles. The minimum absolute atomic E-state index is 0.302. The van der Waals surface area contributed by atoms with Crippen molar-refractivity contribution in [1.82, 2.24) is 20.1 Å². The van der Waals surface area contributed by atoms with E-state index in [1.807, 2.05) is 26.0 Å². The van der Waals surface area contributed by atoms with Gasteiger partial charge in [-0.25, -0.2) is 14.8 Å². The van der Waals surface area contributed by atoms with Crippen LogP contribution in [0, 0.1) is 13.8 Å². The maximum atomic E-state index is 12.9. The first-order valence-corrected chi connectivity index (χ1v) is 8.66. The van der Waals surface area contributed by atoms with Gasteiger partial charge in [-0.1, -0.05) is 5.16 Å². The minimum Gasteiger partial charge on any atom is -0.382 e. The highest BCUT2D eigenvalue weighted by molar-refractivity contribution is 6.02. The summed E-state index contributed by atoms with van der Waals surface area (Å²) in [6.45, 7) is 5.01. The first-order valence-electron chi connectivity index (χ1n) is 8.66. The summed E-state index contributed by atoms with van der Waals surface area (Å²) in [5.41, 5.74) is 3.12. The van der Waals surface area contributed by atoms with E-state index in [4.69, 9.17) is 9.51 Å². The highest BCUT2D eigenvalue weighted by Crippen LogP contribution is 2.32. The summed E-state index contributed by atoms with van der Waals surface area (Å²) in [6.07, 6.45) is 5.38. The van der Waals surface area contributed by atoms with Crippen molar-refractivity contribution in [2.45, 2.75) is 20.3 Å². The molecule has 27 heavy (non-hydrogen) atoms. The van der Waals surface area contributed by atoms with E-state index in [-0.39, 0.29) is 6.03 Å². The number of urea groups is 1. The van der Waals surface area contributed by atoms with Gasteiger partial charge in [-0.05, 0) is 32.4 Å². The molecule has 9 nitrogen and oxygen atoms in total. The Bertz CT molecular complexity index is 952. The largest absolute Gasteiger partial charge is 0.382 e. The average molecular weight is 365 g/mol. The molecule has 0 saturated heterocycles. The first kappa shape index (κ1) is 17.0. The van der Waals surface area contributed by atoms with Crippen molar-refractivity contribution in [3.63, 3.8) is 0 Å². The van der Waals surface area contributed by atoms with Crippen molar-refractivity contribution in [2.24, 2.45) is 0 Å². The third-order valence-electron chi connectivity index (χ3n) is 4.34. The number of pyridine rings is 1. The van der Waals surface area contributed by atoms with Crippen LogP contribution < -0.4 is 15.5 Å². The number of nitrogens with one attached hydrogen (secondary N) is 2. The Hall–Kier alpha value is -3.49. The molecule has 4 heterocycles. The van der Waals surface area contributed by atoms with Crippen LogP contribution in [0.1, 0.15) is 17.9 Å². The smallest absolute Gasteiger partial charge is 0.328 e. The van der Waals surface area contributed by atoms with Gasteiger partial charge >= 0.3 is 6.03 Å². The van der Waals surface area contributed by atoms with Crippen LogP contribution in [0.25, 0.3) is 11.3 Å². The van der Waals surface area contributed by atoms with E-state index in [9.17, 15) is 4.79 Å². The standard InChI is InChI=1S/C18H19N7O2/c1-11-16(12(2)27-24-11)13-4-5-14-17(22-13)25(9-3-6-20-14)18(26)23-15-10-19-7-8-21-15/h4-5,7-8,10,20H,3,6,9H2,1-2H3,(H,21,23,26). The molecule has 0 radical (unpaired) electrons. The number of carbonyl (C=O) groups is 1. The SMILES string of the molecule is Cc1noc(C)c1-c1ccc2c(n1)N(C(=O)Nc1cnccn1)CCCN2. The van der Waals surface area contributed by atoms with Crippen LogP contribution in [-0.4, -0.2) is 39.2 Å². The summed E-state index contributed by atoms with van der Waals surface area (Å²) >= 11 is 0. The van der Waals surface area contributed by atoms with Gasteiger partial charge in [0.2, 0.25) is 0 Å². The van der Waals surface area contributed by atoms with E-state index in [1.54, 1.807) is 11.1 Å². The van der Waals surface area contributed by atoms with E-state index in [0.29, 0.717) is 29.6 Å². The van der Waals surface area contributed by atoms with Gasteiger partial charge in [0.1, 0.15) is 5.76 Å². The quantitative estimate of drug-likeness (QED) is 0.718. The molecule has 2 amide bonds. The molecule has 0 bridgehead atoms. The van der Waals surface area contributed by atoms with Crippen LogP contribution in [0.15, 0.2) is 35.2 Å². The molecule has 0 unspecified atom stereocenters. The molecular formula is C18H19N7O2. The molecule has 138 valence electrons. The van der Waals surface area contributed by atoms with Gasteiger partial charge in [-0.2, -0.15) is 0 Å². The molecular weight excluding hydrogens is 346 g/mol. The summed E-state index contributed by atoms with van der Waals surface area (Å²) in [5.74, 6) is 1.65. The summed E-state index contributed by atoms with van der Waals surface area (Å²) in [6, 6.07) is 3.53. The van der Waals surface area contributed by atoms with E-state index in [2.05, 4.69) is 25.8 Å². The van der Waals surface area contributed by atoms with Crippen molar-refractivity contribution >= 4 is 23.4 Å². The summed E-state index contributed by atoms with van der Waals surface area (Å²) in [4.78, 5) is 27.3. The van der Waals surface area contributed by atoms with Gasteiger partial charge in [0.15, 0.2) is 11.6 Å². The lowest BCUT2D eigenvalue weighted by atomic mass is 10.1. The Labute approximate surface area is 155 Å². The lowest BCUT2D eigenvalue weighted by Gasteiger charge is -2.22. The summed E-state index contributed by atoms with van der Waals surface area (Å²) in [5, 5.41) is 10.1. The number of amides is 2. The monoisotopic (exact) mass is 365 g/mol. The van der Waals surface area contributed by atoms with Gasteiger partial charge in [0, 0.05) is 25.5 Å². The number of rotatable bonds is 2. The van der Waals surface area contributed by atoms with Crippen LogP contribution in [0.4, 0.5) is 22.1 Å². The number of aromatic nitrogens is 4. The first-order chi connectivity index (χ1) is 13.1. The highest BCUT2D eigenvalue weighted by atomic mass is 16.5. The number of anilines is 3.